The zero-order valence-electron chi connectivity index (χ0n) is 13.3. The van der Waals surface area contributed by atoms with E-state index in [1.54, 1.807) is 0 Å². The van der Waals surface area contributed by atoms with Crippen LogP contribution in [-0.2, 0) is 0 Å². The molecule has 1 aromatic heterocycles. The first-order valence-corrected chi connectivity index (χ1v) is 8.99. The normalized spacial score (nSPS) is 10.5. The van der Waals surface area contributed by atoms with Gasteiger partial charge in [0, 0.05) is 17.2 Å². The zero-order valence-corrected chi connectivity index (χ0v) is 15.7. The highest BCUT2D eigenvalue weighted by Gasteiger charge is 2.18. The van der Waals surface area contributed by atoms with E-state index in [9.17, 15) is 4.79 Å². The highest BCUT2D eigenvalue weighted by Crippen LogP contribution is 2.31. The molecule has 0 spiro atoms. The van der Waals surface area contributed by atoms with Gasteiger partial charge >= 0.3 is 0 Å². The standard InChI is InChI=1S/C18H16BrN3OS/c1-12-16(17(23)21-15-11-7-6-10-14(15)19)24-18(20-12)22(2)13-8-4-3-5-9-13/h3-11H,1-2H3,(H,21,23). The molecule has 4 nitrogen and oxygen atoms in total. The van der Waals surface area contributed by atoms with Gasteiger partial charge in [-0.2, -0.15) is 0 Å². The van der Waals surface area contributed by atoms with Gasteiger partial charge in [0.15, 0.2) is 5.13 Å². The van der Waals surface area contributed by atoms with Crippen LogP contribution in [0.1, 0.15) is 15.4 Å². The molecule has 1 N–H and O–H groups in total. The van der Waals surface area contributed by atoms with Crippen LogP contribution in [0, 0.1) is 6.92 Å². The van der Waals surface area contributed by atoms with E-state index in [-0.39, 0.29) is 5.91 Å². The third-order valence-corrected chi connectivity index (χ3v) is 5.47. The van der Waals surface area contributed by atoms with Gasteiger partial charge < -0.3 is 10.2 Å². The summed E-state index contributed by atoms with van der Waals surface area (Å²) < 4.78 is 0.849. The van der Waals surface area contributed by atoms with E-state index >= 15 is 0 Å². The van der Waals surface area contributed by atoms with Crippen LogP contribution in [0.5, 0.6) is 0 Å². The maximum Gasteiger partial charge on any atom is 0.267 e. The summed E-state index contributed by atoms with van der Waals surface area (Å²) >= 11 is 4.82. The minimum atomic E-state index is -0.149. The molecule has 0 unspecified atom stereocenters. The molecule has 0 bridgehead atoms. The monoisotopic (exact) mass is 401 g/mol. The highest BCUT2D eigenvalue weighted by atomic mass is 79.9. The van der Waals surface area contributed by atoms with E-state index in [1.807, 2.05) is 73.5 Å². The van der Waals surface area contributed by atoms with Crippen molar-refractivity contribution < 1.29 is 4.79 Å². The molecule has 3 rings (SSSR count). The molecular formula is C18H16BrN3OS. The molecule has 122 valence electrons. The SMILES string of the molecule is Cc1nc(N(C)c2ccccc2)sc1C(=O)Nc1ccccc1Br. The first-order valence-electron chi connectivity index (χ1n) is 7.38. The van der Waals surface area contributed by atoms with Gasteiger partial charge in [-0.05, 0) is 47.1 Å². The quantitative estimate of drug-likeness (QED) is 0.650. The molecule has 0 saturated heterocycles. The molecule has 6 heteroatoms. The second kappa shape index (κ2) is 7.15. The fourth-order valence-corrected chi connectivity index (χ4v) is 3.57. The number of thiazole rings is 1. The van der Waals surface area contributed by atoms with Crippen molar-refractivity contribution in [3.05, 3.63) is 69.6 Å². The maximum absolute atomic E-state index is 12.6. The molecule has 24 heavy (non-hydrogen) atoms. The second-order valence-electron chi connectivity index (χ2n) is 5.24. The second-order valence-corrected chi connectivity index (χ2v) is 7.07. The lowest BCUT2D eigenvalue weighted by Gasteiger charge is -2.15. The van der Waals surface area contributed by atoms with Crippen LogP contribution in [0.25, 0.3) is 0 Å². The fraction of sp³-hybridized carbons (Fsp3) is 0.111. The van der Waals surface area contributed by atoms with Crippen molar-refractivity contribution in [2.75, 3.05) is 17.3 Å². The number of hydrogen-bond donors (Lipinski definition) is 1. The number of carbonyl (C=O) groups is 1. The van der Waals surface area contributed by atoms with Gasteiger partial charge in [0.05, 0.1) is 11.4 Å². The minimum absolute atomic E-state index is 0.149. The molecule has 0 aliphatic rings. The summed E-state index contributed by atoms with van der Waals surface area (Å²) in [5.41, 5.74) is 2.50. The van der Waals surface area contributed by atoms with Gasteiger partial charge in [-0.1, -0.05) is 41.7 Å². The van der Waals surface area contributed by atoms with Crippen molar-refractivity contribution in [3.63, 3.8) is 0 Å². The molecule has 3 aromatic rings. The number of rotatable bonds is 4. The number of hydrogen-bond acceptors (Lipinski definition) is 4. The van der Waals surface area contributed by atoms with Crippen molar-refractivity contribution in [1.29, 1.82) is 0 Å². The average Bonchev–Trinajstić information content (AvgIpc) is 2.99. The smallest absolute Gasteiger partial charge is 0.267 e. The van der Waals surface area contributed by atoms with Crippen LogP contribution in [0.3, 0.4) is 0 Å². The first-order chi connectivity index (χ1) is 11.6. The molecule has 2 aromatic carbocycles. The van der Waals surface area contributed by atoms with Gasteiger partial charge in [0.25, 0.3) is 5.91 Å². The Kier molecular flexibility index (Phi) is 4.97. The molecule has 0 saturated carbocycles. The van der Waals surface area contributed by atoms with Gasteiger partial charge in [0.1, 0.15) is 4.88 Å². The summed E-state index contributed by atoms with van der Waals surface area (Å²) in [7, 11) is 1.95. The molecule has 0 aliphatic heterocycles. The van der Waals surface area contributed by atoms with Crippen molar-refractivity contribution in [2.45, 2.75) is 6.92 Å². The number of benzene rings is 2. The third kappa shape index (κ3) is 3.49. The Labute approximate surface area is 153 Å². The maximum atomic E-state index is 12.6. The summed E-state index contributed by atoms with van der Waals surface area (Å²) in [5, 5.41) is 3.71. The Hall–Kier alpha value is -2.18. The number of aromatic nitrogens is 1. The lowest BCUT2D eigenvalue weighted by Crippen LogP contribution is -2.11. The lowest BCUT2D eigenvalue weighted by molar-refractivity contribution is 0.102. The number of amides is 1. The number of aryl methyl sites for hydroxylation is 1. The van der Waals surface area contributed by atoms with Crippen molar-refractivity contribution in [3.8, 4) is 0 Å². The van der Waals surface area contributed by atoms with Gasteiger partial charge in [0.2, 0.25) is 0 Å². The topological polar surface area (TPSA) is 45.2 Å². The number of nitrogens with zero attached hydrogens (tertiary/aromatic N) is 2. The Morgan fingerprint density at radius 3 is 2.50 bits per heavy atom. The number of carbonyl (C=O) groups excluding carboxylic acids is 1. The number of halogens is 1. The Bertz CT molecular complexity index is 864. The van der Waals surface area contributed by atoms with E-state index in [4.69, 9.17) is 0 Å². The molecule has 1 heterocycles. The molecule has 1 amide bonds. The highest BCUT2D eigenvalue weighted by molar-refractivity contribution is 9.10. The zero-order chi connectivity index (χ0) is 17.1. The minimum Gasteiger partial charge on any atom is -0.321 e. The summed E-state index contributed by atoms with van der Waals surface area (Å²) in [6.45, 7) is 1.85. The predicted octanol–water partition coefficient (Wildman–Crippen LogP) is 5.23. The van der Waals surface area contributed by atoms with Crippen LogP contribution in [-0.4, -0.2) is 17.9 Å². The van der Waals surface area contributed by atoms with E-state index in [0.717, 1.165) is 26.7 Å². The number of para-hydroxylation sites is 2. The van der Waals surface area contributed by atoms with E-state index in [0.29, 0.717) is 4.88 Å². The summed E-state index contributed by atoms with van der Waals surface area (Å²) in [6, 6.07) is 17.5. The number of anilines is 3. The van der Waals surface area contributed by atoms with E-state index in [2.05, 4.69) is 26.2 Å². The van der Waals surface area contributed by atoms with Crippen molar-refractivity contribution in [1.82, 2.24) is 4.98 Å². The van der Waals surface area contributed by atoms with Crippen LogP contribution < -0.4 is 10.2 Å². The van der Waals surface area contributed by atoms with Crippen molar-refractivity contribution in [2.24, 2.45) is 0 Å². The Morgan fingerprint density at radius 2 is 1.79 bits per heavy atom. The van der Waals surface area contributed by atoms with Gasteiger partial charge in [-0.15, -0.1) is 0 Å². The van der Waals surface area contributed by atoms with Crippen LogP contribution in [0.2, 0.25) is 0 Å². The van der Waals surface area contributed by atoms with Crippen molar-refractivity contribution >= 4 is 49.7 Å². The molecule has 0 atom stereocenters. The molecular weight excluding hydrogens is 386 g/mol. The summed E-state index contributed by atoms with van der Waals surface area (Å²) in [5.74, 6) is -0.149. The van der Waals surface area contributed by atoms with Crippen LogP contribution in [0.15, 0.2) is 59.1 Å². The molecule has 0 radical (unpaired) electrons. The van der Waals surface area contributed by atoms with E-state index < -0.39 is 0 Å². The number of nitrogens with one attached hydrogen (secondary N) is 1. The average molecular weight is 402 g/mol. The predicted molar refractivity (Wildman–Crippen MR) is 103 cm³/mol. The Balaban J connectivity index is 1.84. The summed E-state index contributed by atoms with van der Waals surface area (Å²) in [6.07, 6.45) is 0. The summed E-state index contributed by atoms with van der Waals surface area (Å²) in [4.78, 5) is 19.7. The van der Waals surface area contributed by atoms with E-state index in [1.165, 1.54) is 11.3 Å². The van der Waals surface area contributed by atoms with Gasteiger partial charge in [-0.3, -0.25) is 4.79 Å². The van der Waals surface area contributed by atoms with Crippen LogP contribution in [0.4, 0.5) is 16.5 Å². The molecule has 0 aliphatic carbocycles. The fourth-order valence-electron chi connectivity index (χ4n) is 2.24. The van der Waals surface area contributed by atoms with Gasteiger partial charge in [-0.25, -0.2) is 4.98 Å². The lowest BCUT2D eigenvalue weighted by atomic mass is 10.3. The molecule has 0 fully saturated rings. The first kappa shape index (κ1) is 16.7. The third-order valence-electron chi connectivity index (χ3n) is 3.54. The van der Waals surface area contributed by atoms with Crippen LogP contribution >= 0.6 is 27.3 Å². The Morgan fingerprint density at radius 1 is 1.12 bits per heavy atom. The largest absolute Gasteiger partial charge is 0.321 e.